The lowest BCUT2D eigenvalue weighted by molar-refractivity contribution is 0.0988. The third-order valence-electron chi connectivity index (χ3n) is 4.85. The predicted molar refractivity (Wildman–Crippen MR) is 123 cm³/mol. The number of halogens is 1. The molecule has 0 atom stereocenters. The Hall–Kier alpha value is -2.96. The number of benzene rings is 2. The quantitative estimate of drug-likeness (QED) is 0.389. The van der Waals surface area contributed by atoms with E-state index in [0.29, 0.717) is 28.1 Å². The molecule has 2 aromatic heterocycles. The van der Waals surface area contributed by atoms with E-state index in [1.165, 1.54) is 16.9 Å². The molecule has 5 nitrogen and oxygen atoms in total. The fraction of sp³-hybridized carbons (Fsp3) is 0.174. The number of carbonyl (C=O) groups excluding carboxylic acids is 1. The van der Waals surface area contributed by atoms with Crippen LogP contribution < -0.4 is 4.90 Å². The number of aryl methyl sites for hydroxylation is 2. The monoisotopic (exact) mass is 436 g/mol. The second kappa shape index (κ2) is 8.42. The Morgan fingerprint density at radius 1 is 1.10 bits per heavy atom. The molecule has 4 aromatic rings. The van der Waals surface area contributed by atoms with E-state index in [1.54, 1.807) is 16.5 Å². The highest BCUT2D eigenvalue weighted by atomic mass is 35.5. The molecular formula is C23H21ClN4OS. The Morgan fingerprint density at radius 2 is 1.80 bits per heavy atom. The van der Waals surface area contributed by atoms with Crippen molar-refractivity contribution < 1.29 is 4.79 Å². The number of hydrogen-bond donors (Lipinski definition) is 0. The van der Waals surface area contributed by atoms with Crippen molar-refractivity contribution in [3.63, 3.8) is 0 Å². The predicted octanol–water partition coefficient (Wildman–Crippen LogP) is 5.93. The molecule has 2 aromatic carbocycles. The number of para-hydroxylation sites is 1. The first-order chi connectivity index (χ1) is 14.5. The van der Waals surface area contributed by atoms with Gasteiger partial charge in [-0.15, -0.1) is 11.3 Å². The summed E-state index contributed by atoms with van der Waals surface area (Å²) in [7, 11) is 0. The van der Waals surface area contributed by atoms with Crippen LogP contribution in [-0.4, -0.2) is 27.2 Å². The number of anilines is 1. The first-order valence-electron chi connectivity index (χ1n) is 9.64. The number of thiazole rings is 1. The summed E-state index contributed by atoms with van der Waals surface area (Å²) < 4.78 is 1.59. The molecular weight excluding hydrogens is 416 g/mol. The van der Waals surface area contributed by atoms with Crippen LogP contribution in [0.15, 0.2) is 60.0 Å². The molecule has 0 aliphatic heterocycles. The van der Waals surface area contributed by atoms with Gasteiger partial charge in [-0.25, -0.2) is 9.67 Å². The van der Waals surface area contributed by atoms with Crippen molar-refractivity contribution in [2.24, 2.45) is 0 Å². The minimum absolute atomic E-state index is 0.202. The summed E-state index contributed by atoms with van der Waals surface area (Å²) in [6.07, 6.45) is 0. The average Bonchev–Trinajstić information content (AvgIpc) is 3.34. The Morgan fingerprint density at radius 3 is 2.47 bits per heavy atom. The minimum Gasteiger partial charge on any atom is -0.284 e. The maximum atomic E-state index is 13.4. The van der Waals surface area contributed by atoms with E-state index in [0.717, 1.165) is 16.9 Å². The standard InChI is InChI=1S/C23H21ClN4OS/c1-4-27(23-25-19(14-30-23)17-12-10-15(2)11-13-17)22(29)20-16(3)26-28(21(20)24)18-8-6-5-7-9-18/h5-14H,4H2,1-3H3. The Labute approximate surface area is 184 Å². The van der Waals surface area contributed by atoms with Crippen LogP contribution in [0.3, 0.4) is 0 Å². The molecule has 0 aliphatic rings. The van der Waals surface area contributed by atoms with Gasteiger partial charge in [0.05, 0.1) is 17.1 Å². The van der Waals surface area contributed by atoms with E-state index in [4.69, 9.17) is 16.6 Å². The van der Waals surface area contributed by atoms with Gasteiger partial charge in [0.1, 0.15) is 10.7 Å². The van der Waals surface area contributed by atoms with Crippen LogP contribution in [-0.2, 0) is 0 Å². The number of amides is 1. The zero-order valence-corrected chi connectivity index (χ0v) is 18.5. The zero-order chi connectivity index (χ0) is 21.3. The van der Waals surface area contributed by atoms with Crippen LogP contribution in [0.25, 0.3) is 16.9 Å². The lowest BCUT2D eigenvalue weighted by Crippen LogP contribution is -2.31. The summed E-state index contributed by atoms with van der Waals surface area (Å²) in [5, 5.41) is 7.41. The Kier molecular flexibility index (Phi) is 5.70. The van der Waals surface area contributed by atoms with Crippen LogP contribution in [0.2, 0.25) is 5.15 Å². The fourth-order valence-corrected chi connectivity index (χ4v) is 4.48. The van der Waals surface area contributed by atoms with Gasteiger partial charge in [0.2, 0.25) is 0 Å². The number of nitrogens with zero attached hydrogens (tertiary/aromatic N) is 4. The maximum Gasteiger partial charge on any atom is 0.265 e. The smallest absolute Gasteiger partial charge is 0.265 e. The molecule has 0 unspecified atom stereocenters. The van der Waals surface area contributed by atoms with Gasteiger partial charge in [-0.3, -0.25) is 9.69 Å². The number of aromatic nitrogens is 3. The summed E-state index contributed by atoms with van der Waals surface area (Å²) in [5.74, 6) is -0.202. The maximum absolute atomic E-state index is 13.4. The molecule has 0 bridgehead atoms. The van der Waals surface area contributed by atoms with Crippen LogP contribution >= 0.6 is 22.9 Å². The van der Waals surface area contributed by atoms with Crippen molar-refractivity contribution in [3.8, 4) is 16.9 Å². The molecule has 7 heteroatoms. The van der Waals surface area contributed by atoms with Crippen molar-refractivity contribution in [3.05, 3.63) is 82.0 Å². The molecule has 4 rings (SSSR count). The van der Waals surface area contributed by atoms with E-state index in [2.05, 4.69) is 24.2 Å². The Balaban J connectivity index is 1.67. The molecule has 0 saturated heterocycles. The molecule has 0 radical (unpaired) electrons. The van der Waals surface area contributed by atoms with Gasteiger partial charge in [-0.1, -0.05) is 59.6 Å². The largest absolute Gasteiger partial charge is 0.284 e. The topological polar surface area (TPSA) is 51.0 Å². The van der Waals surface area contributed by atoms with Crippen molar-refractivity contribution in [2.45, 2.75) is 20.8 Å². The van der Waals surface area contributed by atoms with Crippen molar-refractivity contribution in [1.29, 1.82) is 0 Å². The fourth-order valence-electron chi connectivity index (χ4n) is 3.23. The van der Waals surface area contributed by atoms with Gasteiger partial charge in [-0.2, -0.15) is 5.10 Å². The highest BCUT2D eigenvalue weighted by molar-refractivity contribution is 7.14. The molecule has 2 heterocycles. The average molecular weight is 437 g/mol. The SMILES string of the molecule is CCN(C(=O)c1c(C)nn(-c2ccccc2)c1Cl)c1nc(-c2ccc(C)cc2)cs1. The lowest BCUT2D eigenvalue weighted by Gasteiger charge is -2.17. The minimum atomic E-state index is -0.202. The lowest BCUT2D eigenvalue weighted by atomic mass is 10.1. The molecule has 0 saturated carbocycles. The molecule has 0 spiro atoms. The molecule has 30 heavy (non-hydrogen) atoms. The highest BCUT2D eigenvalue weighted by Crippen LogP contribution is 2.31. The van der Waals surface area contributed by atoms with E-state index in [9.17, 15) is 4.79 Å². The van der Waals surface area contributed by atoms with Crippen molar-refractivity contribution >= 4 is 34.0 Å². The second-order valence-corrected chi connectivity index (χ2v) is 8.12. The molecule has 0 fully saturated rings. The third-order valence-corrected chi connectivity index (χ3v) is 6.06. The van der Waals surface area contributed by atoms with Crippen molar-refractivity contribution in [2.75, 3.05) is 11.4 Å². The van der Waals surface area contributed by atoms with Crippen LogP contribution in [0.4, 0.5) is 5.13 Å². The zero-order valence-electron chi connectivity index (χ0n) is 17.0. The number of carbonyl (C=O) groups is 1. The van der Waals surface area contributed by atoms with Crippen LogP contribution in [0.5, 0.6) is 0 Å². The van der Waals surface area contributed by atoms with E-state index in [-0.39, 0.29) is 5.91 Å². The van der Waals surface area contributed by atoms with Gasteiger partial charge in [-0.05, 0) is 32.9 Å². The van der Waals surface area contributed by atoms with Gasteiger partial charge in [0.25, 0.3) is 5.91 Å². The van der Waals surface area contributed by atoms with Crippen LogP contribution in [0.1, 0.15) is 28.5 Å². The van der Waals surface area contributed by atoms with Gasteiger partial charge in [0, 0.05) is 17.5 Å². The summed E-state index contributed by atoms with van der Waals surface area (Å²) >= 11 is 8.04. The summed E-state index contributed by atoms with van der Waals surface area (Å²) in [6, 6.07) is 17.7. The van der Waals surface area contributed by atoms with Gasteiger partial charge < -0.3 is 0 Å². The van der Waals surface area contributed by atoms with E-state index >= 15 is 0 Å². The summed E-state index contributed by atoms with van der Waals surface area (Å²) in [6.45, 7) is 6.25. The van der Waals surface area contributed by atoms with E-state index in [1.807, 2.05) is 54.8 Å². The van der Waals surface area contributed by atoms with Gasteiger partial charge in [0.15, 0.2) is 5.13 Å². The van der Waals surface area contributed by atoms with Crippen LogP contribution in [0, 0.1) is 13.8 Å². The Bertz CT molecular complexity index is 1180. The molecule has 0 N–H and O–H groups in total. The second-order valence-electron chi connectivity index (χ2n) is 6.93. The molecule has 1 amide bonds. The first-order valence-corrected chi connectivity index (χ1v) is 10.9. The summed E-state index contributed by atoms with van der Waals surface area (Å²) in [4.78, 5) is 19.8. The highest BCUT2D eigenvalue weighted by Gasteiger charge is 2.27. The normalized spacial score (nSPS) is 10.9. The van der Waals surface area contributed by atoms with Crippen molar-refractivity contribution in [1.82, 2.24) is 14.8 Å². The van der Waals surface area contributed by atoms with Gasteiger partial charge >= 0.3 is 0 Å². The first kappa shape index (κ1) is 20.3. The van der Waals surface area contributed by atoms with E-state index < -0.39 is 0 Å². The summed E-state index contributed by atoms with van der Waals surface area (Å²) in [5.41, 5.74) is 4.86. The third kappa shape index (κ3) is 3.76. The molecule has 152 valence electrons. The number of rotatable bonds is 5. The number of hydrogen-bond acceptors (Lipinski definition) is 4. The molecule has 0 aliphatic carbocycles.